The average Bonchev–Trinajstić information content (AvgIpc) is 2.68. The Bertz CT molecular complexity index is 778. The van der Waals surface area contributed by atoms with Crippen LogP contribution in [0.2, 0.25) is 0 Å². The Morgan fingerprint density at radius 1 is 1.11 bits per heavy atom. The molecule has 0 amide bonds. The largest absolute Gasteiger partial charge is 0.493 e. The van der Waals surface area contributed by atoms with Crippen LogP contribution >= 0.6 is 0 Å². The number of nitrogens with one attached hydrogen (secondary N) is 2. The molecule has 0 bridgehead atoms. The molecule has 0 spiro atoms. The third kappa shape index (κ3) is 6.25. The second-order valence-corrected chi connectivity index (χ2v) is 6.32. The average molecular weight is 373 g/mol. The highest BCUT2D eigenvalue weighted by molar-refractivity contribution is 5.79. The van der Waals surface area contributed by atoms with Gasteiger partial charge in [-0.1, -0.05) is 25.1 Å². The second kappa shape index (κ2) is 10.5. The summed E-state index contributed by atoms with van der Waals surface area (Å²) in [4.78, 5) is 4.22. The maximum Gasteiger partial charge on any atom is 0.191 e. The number of nitrogens with zero attached hydrogens (tertiary/aromatic N) is 1. The Kier molecular flexibility index (Phi) is 8.07. The van der Waals surface area contributed by atoms with Gasteiger partial charge in [0.15, 0.2) is 5.96 Å². The van der Waals surface area contributed by atoms with E-state index in [2.05, 4.69) is 28.6 Å². The molecule has 0 aliphatic carbocycles. The number of benzene rings is 2. The van der Waals surface area contributed by atoms with Gasteiger partial charge in [-0.25, -0.2) is 4.39 Å². The lowest BCUT2D eigenvalue weighted by Gasteiger charge is -2.15. The number of aryl methyl sites for hydroxylation is 1. The third-order valence-corrected chi connectivity index (χ3v) is 4.09. The first-order valence-electron chi connectivity index (χ1n) is 9.12. The Hall–Kier alpha value is -2.60. The molecule has 0 saturated carbocycles. The van der Waals surface area contributed by atoms with Gasteiger partial charge >= 0.3 is 0 Å². The van der Waals surface area contributed by atoms with Crippen LogP contribution in [0.3, 0.4) is 0 Å². The number of hydrogen-bond donors (Lipinski definition) is 3. The fourth-order valence-corrected chi connectivity index (χ4v) is 2.60. The molecule has 0 heterocycles. The Balaban J connectivity index is 1.96. The zero-order valence-corrected chi connectivity index (χ0v) is 16.2. The van der Waals surface area contributed by atoms with Crippen LogP contribution in [0.1, 0.15) is 35.6 Å². The minimum Gasteiger partial charge on any atom is -0.493 e. The predicted octanol–water partition coefficient (Wildman–Crippen LogP) is 3.28. The molecule has 0 saturated heterocycles. The molecular formula is C21H28FN3O2. The van der Waals surface area contributed by atoms with E-state index in [0.717, 1.165) is 28.9 Å². The van der Waals surface area contributed by atoms with Gasteiger partial charge in [-0.05, 0) is 42.7 Å². The van der Waals surface area contributed by atoms with Gasteiger partial charge in [0.05, 0.1) is 13.2 Å². The van der Waals surface area contributed by atoms with Gasteiger partial charge in [0.1, 0.15) is 11.6 Å². The summed E-state index contributed by atoms with van der Waals surface area (Å²) >= 11 is 0. The Morgan fingerprint density at radius 3 is 2.59 bits per heavy atom. The van der Waals surface area contributed by atoms with E-state index in [9.17, 15) is 9.50 Å². The molecule has 0 aliphatic heterocycles. The minimum atomic E-state index is -0.400. The Labute approximate surface area is 160 Å². The molecule has 0 atom stereocenters. The molecule has 6 heteroatoms. The number of aliphatic hydroxyl groups excluding tert-OH is 1. The molecule has 0 unspecified atom stereocenters. The zero-order chi connectivity index (χ0) is 19.6. The zero-order valence-electron chi connectivity index (χ0n) is 16.2. The number of aliphatic hydroxyl groups is 1. The van der Waals surface area contributed by atoms with Gasteiger partial charge in [-0.2, -0.15) is 0 Å². The fourth-order valence-electron chi connectivity index (χ4n) is 2.60. The molecule has 0 fully saturated rings. The lowest BCUT2D eigenvalue weighted by atomic mass is 10.1. The van der Waals surface area contributed by atoms with Crippen LogP contribution in [0.4, 0.5) is 4.39 Å². The van der Waals surface area contributed by atoms with Crippen LogP contribution < -0.4 is 15.4 Å². The molecule has 5 nitrogen and oxygen atoms in total. The van der Waals surface area contributed by atoms with E-state index in [4.69, 9.17) is 4.74 Å². The molecule has 27 heavy (non-hydrogen) atoms. The molecule has 2 aromatic rings. The van der Waals surface area contributed by atoms with E-state index < -0.39 is 5.82 Å². The lowest BCUT2D eigenvalue weighted by Crippen LogP contribution is -2.36. The second-order valence-electron chi connectivity index (χ2n) is 6.32. The van der Waals surface area contributed by atoms with Gasteiger partial charge in [0.2, 0.25) is 0 Å². The normalized spacial score (nSPS) is 11.4. The van der Waals surface area contributed by atoms with E-state index >= 15 is 0 Å². The molecular weight excluding hydrogens is 345 g/mol. The van der Waals surface area contributed by atoms with Crippen molar-refractivity contribution in [3.8, 4) is 5.75 Å². The van der Waals surface area contributed by atoms with Crippen molar-refractivity contribution in [2.24, 2.45) is 4.99 Å². The molecule has 2 aromatic carbocycles. The van der Waals surface area contributed by atoms with E-state index in [-0.39, 0.29) is 12.2 Å². The number of ether oxygens (including phenoxy) is 1. The first-order valence-corrected chi connectivity index (χ1v) is 9.12. The Morgan fingerprint density at radius 2 is 1.89 bits per heavy atom. The highest BCUT2D eigenvalue weighted by Crippen LogP contribution is 2.20. The smallest absolute Gasteiger partial charge is 0.191 e. The number of halogens is 1. The van der Waals surface area contributed by atoms with Gasteiger partial charge < -0.3 is 20.5 Å². The first kappa shape index (κ1) is 20.7. The summed E-state index contributed by atoms with van der Waals surface area (Å²) in [5.41, 5.74) is 3.37. The van der Waals surface area contributed by atoms with Crippen LogP contribution in [0.25, 0.3) is 0 Å². The predicted molar refractivity (Wildman–Crippen MR) is 106 cm³/mol. The van der Waals surface area contributed by atoms with E-state index in [1.807, 2.05) is 19.1 Å². The summed E-state index contributed by atoms with van der Waals surface area (Å²) < 4.78 is 19.3. The molecule has 0 aliphatic rings. The summed E-state index contributed by atoms with van der Waals surface area (Å²) in [6, 6.07) is 10.8. The fraction of sp³-hybridized carbons (Fsp3) is 0.381. The summed E-state index contributed by atoms with van der Waals surface area (Å²) in [5.74, 6) is 1.11. The van der Waals surface area contributed by atoms with Crippen LogP contribution in [0.15, 0.2) is 41.4 Å². The summed E-state index contributed by atoms with van der Waals surface area (Å²) in [5, 5.41) is 15.6. The molecule has 3 N–H and O–H groups in total. The molecule has 0 radical (unpaired) electrons. The lowest BCUT2D eigenvalue weighted by molar-refractivity contribution is 0.275. The van der Waals surface area contributed by atoms with Crippen molar-refractivity contribution in [3.63, 3.8) is 0 Å². The first-order chi connectivity index (χ1) is 13.1. The van der Waals surface area contributed by atoms with E-state index in [1.54, 1.807) is 19.2 Å². The van der Waals surface area contributed by atoms with Crippen molar-refractivity contribution < 1.29 is 14.2 Å². The van der Waals surface area contributed by atoms with Crippen molar-refractivity contribution in [3.05, 3.63) is 64.5 Å². The van der Waals surface area contributed by atoms with Crippen molar-refractivity contribution in [1.82, 2.24) is 10.6 Å². The van der Waals surface area contributed by atoms with Gasteiger partial charge in [-0.3, -0.25) is 4.99 Å². The topological polar surface area (TPSA) is 65.9 Å². The van der Waals surface area contributed by atoms with Gasteiger partial charge in [0, 0.05) is 31.3 Å². The van der Waals surface area contributed by atoms with Crippen molar-refractivity contribution in [1.29, 1.82) is 0 Å². The highest BCUT2D eigenvalue weighted by atomic mass is 19.1. The molecule has 2 rings (SSSR count). The number of aliphatic imine (C=N–C) groups is 1. The maximum absolute atomic E-state index is 13.5. The van der Waals surface area contributed by atoms with Crippen molar-refractivity contribution >= 4 is 5.96 Å². The van der Waals surface area contributed by atoms with Crippen molar-refractivity contribution in [2.45, 2.75) is 40.0 Å². The minimum absolute atomic E-state index is 0.287. The third-order valence-electron chi connectivity index (χ3n) is 4.09. The number of rotatable bonds is 8. The SMILES string of the molecule is CCCOc1cc(C)ccc1CNC(=NC)NCc1ccc(F)c(CO)c1. The number of hydrogen-bond acceptors (Lipinski definition) is 3. The van der Waals surface area contributed by atoms with Crippen LogP contribution in [-0.2, 0) is 19.7 Å². The van der Waals surface area contributed by atoms with E-state index in [0.29, 0.717) is 25.7 Å². The number of guanidine groups is 1. The van der Waals surface area contributed by atoms with E-state index in [1.165, 1.54) is 6.07 Å². The monoisotopic (exact) mass is 373 g/mol. The maximum atomic E-state index is 13.5. The molecule has 146 valence electrons. The quantitative estimate of drug-likeness (QED) is 0.491. The standard InChI is InChI=1S/C21H28FN3O2/c1-4-9-27-20-10-15(2)5-7-17(20)13-25-21(23-3)24-12-16-6-8-19(22)18(11-16)14-26/h5-8,10-11,26H,4,9,12-14H2,1-3H3,(H2,23,24,25). The summed E-state index contributed by atoms with van der Waals surface area (Å²) in [6.45, 7) is 5.53. The van der Waals surface area contributed by atoms with Crippen LogP contribution in [0, 0.1) is 12.7 Å². The summed E-state index contributed by atoms with van der Waals surface area (Å²) in [7, 11) is 1.70. The van der Waals surface area contributed by atoms with Crippen molar-refractivity contribution in [2.75, 3.05) is 13.7 Å². The highest BCUT2D eigenvalue weighted by Gasteiger charge is 2.07. The van der Waals surface area contributed by atoms with Crippen LogP contribution in [-0.4, -0.2) is 24.7 Å². The summed E-state index contributed by atoms with van der Waals surface area (Å²) in [6.07, 6.45) is 0.956. The van der Waals surface area contributed by atoms with Gasteiger partial charge in [-0.15, -0.1) is 0 Å². The molecule has 0 aromatic heterocycles. The van der Waals surface area contributed by atoms with Crippen LogP contribution in [0.5, 0.6) is 5.75 Å². The van der Waals surface area contributed by atoms with Gasteiger partial charge in [0.25, 0.3) is 0 Å².